The Balaban J connectivity index is 1.97. The predicted octanol–water partition coefficient (Wildman–Crippen LogP) is 3.30. The van der Waals surface area contributed by atoms with Gasteiger partial charge >= 0.3 is 0 Å². The zero-order valence-electron chi connectivity index (χ0n) is 12.4. The lowest BCUT2D eigenvalue weighted by Gasteiger charge is -2.19. The van der Waals surface area contributed by atoms with Crippen LogP contribution in [-0.2, 0) is 7.05 Å². The van der Waals surface area contributed by atoms with Gasteiger partial charge in [0.15, 0.2) is 0 Å². The van der Waals surface area contributed by atoms with Gasteiger partial charge in [0.2, 0.25) is 0 Å². The van der Waals surface area contributed by atoms with Crippen molar-refractivity contribution in [2.75, 3.05) is 5.43 Å². The van der Waals surface area contributed by atoms with Crippen LogP contribution in [0.15, 0.2) is 36.4 Å². The topological polar surface area (TPSA) is 34.8 Å². The highest BCUT2D eigenvalue weighted by atomic mass is 15.4. The first-order valence-electron chi connectivity index (χ1n) is 6.91. The molecule has 1 unspecified atom stereocenters. The normalized spacial score (nSPS) is 12.8. The highest BCUT2D eigenvalue weighted by Gasteiger charge is 2.15. The maximum absolute atomic E-state index is 4.74. The molecule has 0 amide bonds. The number of nitrogens with zero attached hydrogens (tertiary/aromatic N) is 3. The van der Waals surface area contributed by atoms with E-state index in [1.54, 1.807) is 0 Å². The Kier molecular flexibility index (Phi) is 3.01. The second-order valence-electron chi connectivity index (χ2n) is 5.32. The molecule has 0 saturated carbocycles. The first-order chi connectivity index (χ1) is 9.58. The van der Waals surface area contributed by atoms with Crippen molar-refractivity contribution in [2.45, 2.75) is 26.8 Å². The molecule has 104 valence electrons. The van der Waals surface area contributed by atoms with Gasteiger partial charge in [-0.1, -0.05) is 12.1 Å². The molecule has 0 aliphatic heterocycles. The molecule has 1 N–H and O–H groups in total. The number of benzene rings is 1. The number of fused-ring (bicyclic) bond motifs is 1. The maximum Gasteiger partial charge on any atom is 0.133 e. The van der Waals surface area contributed by atoms with Crippen molar-refractivity contribution < 1.29 is 0 Å². The number of rotatable bonds is 3. The van der Waals surface area contributed by atoms with Crippen LogP contribution in [0.4, 0.5) is 0 Å². The molecular weight excluding hydrogens is 248 g/mol. The van der Waals surface area contributed by atoms with E-state index in [2.05, 4.69) is 66.8 Å². The first-order valence-corrected chi connectivity index (χ1v) is 6.91. The molecule has 3 aromatic rings. The van der Waals surface area contributed by atoms with Crippen molar-refractivity contribution in [3.05, 3.63) is 53.6 Å². The quantitative estimate of drug-likeness (QED) is 0.791. The second-order valence-corrected chi connectivity index (χ2v) is 5.32. The summed E-state index contributed by atoms with van der Waals surface area (Å²) in [7, 11) is 2.07. The summed E-state index contributed by atoms with van der Waals surface area (Å²) in [6.07, 6.45) is 0. The fraction of sp³-hybridized carbons (Fsp3) is 0.312. The Hall–Kier alpha value is -2.23. The van der Waals surface area contributed by atoms with E-state index < -0.39 is 0 Å². The first kappa shape index (κ1) is 12.8. The van der Waals surface area contributed by atoms with Crippen molar-refractivity contribution in [1.29, 1.82) is 0 Å². The van der Waals surface area contributed by atoms with Crippen molar-refractivity contribution in [1.82, 2.24) is 14.2 Å². The van der Waals surface area contributed by atoms with Crippen molar-refractivity contribution in [3.63, 3.8) is 0 Å². The van der Waals surface area contributed by atoms with Gasteiger partial charge in [0.1, 0.15) is 5.82 Å². The van der Waals surface area contributed by atoms with Crippen LogP contribution < -0.4 is 5.43 Å². The van der Waals surface area contributed by atoms with Gasteiger partial charge in [0.25, 0.3) is 0 Å². The van der Waals surface area contributed by atoms with Gasteiger partial charge in [-0.15, -0.1) is 0 Å². The van der Waals surface area contributed by atoms with Gasteiger partial charge in [0.05, 0.1) is 17.1 Å². The van der Waals surface area contributed by atoms with E-state index in [0.29, 0.717) is 0 Å². The average molecular weight is 268 g/mol. The third kappa shape index (κ3) is 1.97. The molecule has 2 aromatic heterocycles. The van der Waals surface area contributed by atoms with E-state index in [0.717, 1.165) is 16.9 Å². The van der Waals surface area contributed by atoms with Crippen LogP contribution in [0.2, 0.25) is 0 Å². The number of hydrogen-bond donors (Lipinski definition) is 1. The number of imidazole rings is 1. The Morgan fingerprint density at radius 2 is 1.70 bits per heavy atom. The van der Waals surface area contributed by atoms with Gasteiger partial charge in [-0.05, 0) is 45.0 Å². The fourth-order valence-electron chi connectivity index (χ4n) is 2.67. The highest BCUT2D eigenvalue weighted by molar-refractivity contribution is 5.75. The Morgan fingerprint density at radius 3 is 2.35 bits per heavy atom. The molecule has 0 aliphatic rings. The maximum atomic E-state index is 4.74. The molecule has 0 saturated heterocycles. The van der Waals surface area contributed by atoms with E-state index in [1.807, 2.05) is 12.1 Å². The van der Waals surface area contributed by atoms with Crippen LogP contribution in [0.1, 0.15) is 30.2 Å². The lowest BCUT2D eigenvalue weighted by atomic mass is 10.3. The Labute approximate surface area is 119 Å². The molecule has 0 fully saturated rings. The predicted molar refractivity (Wildman–Crippen MR) is 82.4 cm³/mol. The molecular formula is C16H20N4. The zero-order chi connectivity index (χ0) is 14.3. The molecule has 1 aromatic carbocycles. The molecule has 4 heteroatoms. The summed E-state index contributed by atoms with van der Waals surface area (Å²) in [5.41, 5.74) is 8.12. The minimum atomic E-state index is 0.136. The van der Waals surface area contributed by atoms with E-state index in [4.69, 9.17) is 4.98 Å². The number of para-hydroxylation sites is 2. The summed E-state index contributed by atoms with van der Waals surface area (Å²) < 4.78 is 4.27. The van der Waals surface area contributed by atoms with Crippen LogP contribution in [-0.4, -0.2) is 14.2 Å². The van der Waals surface area contributed by atoms with Gasteiger partial charge < -0.3 is 9.99 Å². The van der Waals surface area contributed by atoms with Crippen LogP contribution in [0.5, 0.6) is 0 Å². The summed E-state index contributed by atoms with van der Waals surface area (Å²) in [4.78, 5) is 4.74. The SMILES string of the molecule is Cc1ccc(C)n1NC(C)c1nc2ccccc2n1C. The van der Waals surface area contributed by atoms with Gasteiger partial charge in [-0.3, -0.25) is 4.68 Å². The summed E-state index contributed by atoms with van der Waals surface area (Å²) in [6, 6.07) is 12.6. The summed E-state index contributed by atoms with van der Waals surface area (Å²) in [6.45, 7) is 6.34. The molecule has 3 rings (SSSR count). The van der Waals surface area contributed by atoms with Gasteiger partial charge in [0, 0.05) is 18.4 Å². The van der Waals surface area contributed by atoms with Crippen LogP contribution in [0.25, 0.3) is 11.0 Å². The number of hydrogen-bond acceptors (Lipinski definition) is 2. The molecule has 20 heavy (non-hydrogen) atoms. The largest absolute Gasteiger partial charge is 0.329 e. The van der Waals surface area contributed by atoms with E-state index in [1.165, 1.54) is 11.4 Å². The molecule has 0 spiro atoms. The molecule has 0 aliphatic carbocycles. The number of aryl methyl sites for hydroxylation is 3. The second kappa shape index (κ2) is 4.71. The van der Waals surface area contributed by atoms with E-state index in [-0.39, 0.29) is 6.04 Å². The standard InChI is InChI=1S/C16H20N4/c1-11-9-10-12(2)20(11)18-13(3)16-17-14-7-5-6-8-15(14)19(16)4/h5-10,13,18H,1-4H3. The molecule has 2 heterocycles. The molecule has 0 bridgehead atoms. The number of nitrogens with one attached hydrogen (secondary N) is 1. The molecule has 0 radical (unpaired) electrons. The summed E-state index contributed by atoms with van der Waals surface area (Å²) in [5.74, 6) is 1.04. The minimum absolute atomic E-state index is 0.136. The molecule has 4 nitrogen and oxygen atoms in total. The van der Waals surface area contributed by atoms with Crippen molar-refractivity contribution in [2.24, 2.45) is 7.05 Å². The monoisotopic (exact) mass is 268 g/mol. The number of aromatic nitrogens is 3. The zero-order valence-corrected chi connectivity index (χ0v) is 12.4. The Morgan fingerprint density at radius 1 is 1.05 bits per heavy atom. The highest BCUT2D eigenvalue weighted by Crippen LogP contribution is 2.20. The van der Waals surface area contributed by atoms with Crippen LogP contribution in [0, 0.1) is 13.8 Å². The van der Waals surface area contributed by atoms with Crippen LogP contribution >= 0.6 is 0 Å². The third-order valence-electron chi connectivity index (χ3n) is 3.80. The van der Waals surface area contributed by atoms with Gasteiger partial charge in [-0.25, -0.2) is 4.98 Å². The fourth-order valence-corrected chi connectivity index (χ4v) is 2.67. The van der Waals surface area contributed by atoms with Gasteiger partial charge in [-0.2, -0.15) is 0 Å². The summed E-state index contributed by atoms with van der Waals surface area (Å²) >= 11 is 0. The van der Waals surface area contributed by atoms with Crippen LogP contribution in [0.3, 0.4) is 0 Å². The smallest absolute Gasteiger partial charge is 0.133 e. The minimum Gasteiger partial charge on any atom is -0.329 e. The van der Waals surface area contributed by atoms with Crippen molar-refractivity contribution >= 4 is 11.0 Å². The summed E-state index contributed by atoms with van der Waals surface area (Å²) in [5, 5.41) is 0. The van der Waals surface area contributed by atoms with E-state index >= 15 is 0 Å². The van der Waals surface area contributed by atoms with Crippen molar-refractivity contribution in [3.8, 4) is 0 Å². The third-order valence-corrected chi connectivity index (χ3v) is 3.80. The molecule has 1 atom stereocenters. The Bertz CT molecular complexity index is 732. The lowest BCUT2D eigenvalue weighted by molar-refractivity contribution is 0.642. The average Bonchev–Trinajstić information content (AvgIpc) is 2.94. The van der Waals surface area contributed by atoms with E-state index in [9.17, 15) is 0 Å². The lowest BCUT2D eigenvalue weighted by Crippen LogP contribution is -2.23.